The van der Waals surface area contributed by atoms with Gasteiger partial charge in [0, 0.05) is 23.8 Å². The van der Waals surface area contributed by atoms with Gasteiger partial charge in [0.15, 0.2) is 17.5 Å². The molecule has 2 aromatic heterocycles. The lowest BCUT2D eigenvalue weighted by Gasteiger charge is -2.43. The molecule has 5 atom stereocenters. The van der Waals surface area contributed by atoms with Crippen LogP contribution in [0.2, 0.25) is 5.02 Å². The van der Waals surface area contributed by atoms with Crippen LogP contribution in [0.5, 0.6) is 0 Å². The summed E-state index contributed by atoms with van der Waals surface area (Å²) in [5, 5.41) is 29.0. The highest BCUT2D eigenvalue weighted by molar-refractivity contribution is 9.10. The van der Waals surface area contributed by atoms with Gasteiger partial charge in [-0.1, -0.05) is 28.6 Å². The Kier molecular flexibility index (Phi) is 7.82. The van der Waals surface area contributed by atoms with Crippen molar-refractivity contribution in [3.63, 3.8) is 0 Å². The molecule has 182 valence electrons. The van der Waals surface area contributed by atoms with Crippen LogP contribution in [0, 0.1) is 17.5 Å². The summed E-state index contributed by atoms with van der Waals surface area (Å²) in [4.78, 5) is 4.76. The largest absolute Gasteiger partial charge is 0.394 e. The number of halogens is 5. The van der Waals surface area contributed by atoms with E-state index in [4.69, 9.17) is 21.1 Å². The van der Waals surface area contributed by atoms with Gasteiger partial charge >= 0.3 is 0 Å². The summed E-state index contributed by atoms with van der Waals surface area (Å²) in [7, 11) is 1.41. The number of aliphatic hydroxyl groups is 2. The molecule has 0 saturated carbocycles. The number of aromatic nitrogens is 4. The topological polar surface area (TPSA) is 103 Å². The van der Waals surface area contributed by atoms with Gasteiger partial charge in [-0.2, -0.15) is 0 Å². The van der Waals surface area contributed by atoms with E-state index < -0.39 is 53.8 Å². The lowest BCUT2D eigenvalue weighted by molar-refractivity contribution is -0.186. The van der Waals surface area contributed by atoms with Crippen molar-refractivity contribution in [2.75, 3.05) is 13.7 Å². The van der Waals surface area contributed by atoms with Gasteiger partial charge in [-0.15, -0.1) is 5.10 Å². The average molecular weight is 582 g/mol. The summed E-state index contributed by atoms with van der Waals surface area (Å²) in [6.45, 7) is -0.504. The summed E-state index contributed by atoms with van der Waals surface area (Å²) >= 11 is 10.6. The first-order valence-corrected chi connectivity index (χ1v) is 11.8. The first kappa shape index (κ1) is 25.4. The van der Waals surface area contributed by atoms with Crippen molar-refractivity contribution in [2.45, 2.75) is 34.7 Å². The van der Waals surface area contributed by atoms with E-state index in [0.29, 0.717) is 14.5 Å². The average Bonchev–Trinajstić information content (AvgIpc) is 3.29. The molecule has 1 aromatic carbocycles. The molecule has 0 bridgehead atoms. The van der Waals surface area contributed by atoms with Gasteiger partial charge in [0.25, 0.3) is 0 Å². The van der Waals surface area contributed by atoms with Crippen LogP contribution in [0.1, 0.15) is 6.04 Å². The molecular formula is C20H17BrClF3N4O4S. The fourth-order valence-electron chi connectivity index (χ4n) is 3.58. The van der Waals surface area contributed by atoms with E-state index in [1.807, 2.05) is 0 Å². The van der Waals surface area contributed by atoms with Crippen LogP contribution in [0.3, 0.4) is 0 Å². The Labute approximate surface area is 209 Å². The van der Waals surface area contributed by atoms with E-state index >= 15 is 0 Å². The lowest BCUT2D eigenvalue weighted by atomic mass is 9.97. The molecule has 34 heavy (non-hydrogen) atoms. The number of thioether (sulfide) groups is 1. The molecule has 3 heterocycles. The van der Waals surface area contributed by atoms with Crippen LogP contribution in [0.4, 0.5) is 13.2 Å². The van der Waals surface area contributed by atoms with E-state index in [9.17, 15) is 23.4 Å². The Morgan fingerprint density at radius 2 is 1.97 bits per heavy atom. The normalized spacial score (nSPS) is 25.0. The molecular weight excluding hydrogens is 565 g/mol. The molecule has 0 amide bonds. The van der Waals surface area contributed by atoms with E-state index in [0.717, 1.165) is 12.1 Å². The van der Waals surface area contributed by atoms with Crippen molar-refractivity contribution in [3.8, 4) is 11.3 Å². The standard InChI is InChI=1S/C20H17BrClF3N4O4S/c1-32-18-16(29-6-12(27-28-29)8-2-10(23)15(25)11(24)3-8)17(31)13(7-30)33-20(18)34-14-4-9(22)5-26-19(14)21/h2-6,13,16-18,20,30-31H,7H2,1H3. The number of aliphatic hydroxyl groups excluding tert-OH is 2. The predicted molar refractivity (Wildman–Crippen MR) is 120 cm³/mol. The Morgan fingerprint density at radius 1 is 1.26 bits per heavy atom. The Morgan fingerprint density at radius 3 is 2.62 bits per heavy atom. The van der Waals surface area contributed by atoms with Gasteiger partial charge in [0.2, 0.25) is 0 Å². The Balaban J connectivity index is 1.69. The van der Waals surface area contributed by atoms with Gasteiger partial charge in [0.1, 0.15) is 40.1 Å². The quantitative estimate of drug-likeness (QED) is 0.336. The Bertz CT molecular complexity index is 1170. The number of hydrogen-bond acceptors (Lipinski definition) is 8. The predicted octanol–water partition coefficient (Wildman–Crippen LogP) is 3.60. The van der Waals surface area contributed by atoms with E-state index in [-0.39, 0.29) is 11.3 Å². The molecule has 0 radical (unpaired) electrons. The fourth-order valence-corrected chi connectivity index (χ4v) is 5.50. The number of nitrogens with zero attached hydrogens (tertiary/aromatic N) is 4. The van der Waals surface area contributed by atoms with Crippen LogP contribution < -0.4 is 0 Å². The van der Waals surface area contributed by atoms with Gasteiger partial charge in [-0.3, -0.25) is 0 Å². The number of benzene rings is 1. The highest BCUT2D eigenvalue weighted by Gasteiger charge is 2.47. The molecule has 0 aliphatic carbocycles. The van der Waals surface area contributed by atoms with Gasteiger partial charge in [-0.25, -0.2) is 22.8 Å². The summed E-state index contributed by atoms with van der Waals surface area (Å²) in [5.74, 6) is -4.34. The molecule has 5 unspecified atom stereocenters. The summed E-state index contributed by atoms with van der Waals surface area (Å²) in [6.07, 6.45) is -0.293. The fraction of sp³-hybridized carbons (Fsp3) is 0.350. The third-order valence-corrected chi connectivity index (χ3v) is 7.49. The number of ether oxygens (including phenoxy) is 2. The second kappa shape index (κ2) is 10.5. The minimum absolute atomic E-state index is 0.0397. The molecule has 4 rings (SSSR count). The van der Waals surface area contributed by atoms with Crippen molar-refractivity contribution in [2.24, 2.45) is 0 Å². The molecule has 1 aliphatic rings. The van der Waals surface area contributed by atoms with E-state index in [2.05, 4.69) is 31.2 Å². The molecule has 1 aliphatic heterocycles. The second-order valence-corrected chi connectivity index (χ2v) is 9.63. The van der Waals surface area contributed by atoms with Crippen molar-refractivity contribution >= 4 is 39.3 Å². The Hall–Kier alpha value is -1.74. The minimum atomic E-state index is -1.59. The first-order valence-electron chi connectivity index (χ1n) is 9.75. The molecule has 14 heteroatoms. The van der Waals surface area contributed by atoms with E-state index in [1.165, 1.54) is 35.9 Å². The zero-order valence-electron chi connectivity index (χ0n) is 17.3. The maximum atomic E-state index is 13.7. The van der Waals surface area contributed by atoms with Crippen molar-refractivity contribution in [3.05, 3.63) is 57.7 Å². The van der Waals surface area contributed by atoms with Crippen molar-refractivity contribution in [1.82, 2.24) is 20.0 Å². The number of pyridine rings is 1. The second-order valence-electron chi connectivity index (χ2n) is 7.31. The van der Waals surface area contributed by atoms with Crippen LogP contribution in [0.25, 0.3) is 11.3 Å². The highest BCUT2D eigenvalue weighted by atomic mass is 79.9. The van der Waals surface area contributed by atoms with Crippen LogP contribution >= 0.6 is 39.3 Å². The van der Waals surface area contributed by atoms with Gasteiger partial charge in [0.05, 0.1) is 17.8 Å². The van der Waals surface area contributed by atoms with Crippen LogP contribution in [0.15, 0.2) is 40.1 Å². The van der Waals surface area contributed by atoms with Gasteiger partial charge in [-0.05, 0) is 34.1 Å². The molecule has 3 aromatic rings. The maximum absolute atomic E-state index is 13.7. The molecule has 1 fully saturated rings. The molecule has 0 spiro atoms. The van der Waals surface area contributed by atoms with Crippen molar-refractivity contribution in [1.29, 1.82) is 0 Å². The summed E-state index contributed by atoms with van der Waals surface area (Å²) in [5.41, 5.74) is -0.755. The zero-order valence-corrected chi connectivity index (χ0v) is 20.4. The van der Waals surface area contributed by atoms with Crippen molar-refractivity contribution < 1.29 is 32.9 Å². The third-order valence-electron chi connectivity index (χ3n) is 5.21. The highest BCUT2D eigenvalue weighted by Crippen LogP contribution is 2.41. The zero-order chi connectivity index (χ0) is 24.6. The maximum Gasteiger partial charge on any atom is 0.194 e. The number of methoxy groups -OCH3 is 1. The molecule has 8 nitrogen and oxygen atoms in total. The molecule has 1 saturated heterocycles. The molecule has 2 N–H and O–H groups in total. The first-order chi connectivity index (χ1) is 16.2. The SMILES string of the molecule is COC1C(Sc2cc(Cl)cnc2Br)OC(CO)C(O)C1n1cc(-c2cc(F)c(F)c(F)c2)nn1. The minimum Gasteiger partial charge on any atom is -0.394 e. The van der Waals surface area contributed by atoms with E-state index in [1.54, 1.807) is 6.07 Å². The monoisotopic (exact) mass is 580 g/mol. The number of rotatable bonds is 6. The van der Waals surface area contributed by atoms with Crippen LogP contribution in [-0.2, 0) is 9.47 Å². The van der Waals surface area contributed by atoms with Crippen LogP contribution in [-0.4, -0.2) is 67.7 Å². The summed E-state index contributed by atoms with van der Waals surface area (Å²) < 4.78 is 54.0. The smallest absolute Gasteiger partial charge is 0.194 e. The summed E-state index contributed by atoms with van der Waals surface area (Å²) in [6, 6.07) is 2.34. The number of hydrogen-bond donors (Lipinski definition) is 2. The third kappa shape index (κ3) is 4.96. The lowest BCUT2D eigenvalue weighted by Crippen LogP contribution is -2.55. The van der Waals surface area contributed by atoms with Gasteiger partial charge < -0.3 is 19.7 Å².